The van der Waals surface area contributed by atoms with E-state index in [-0.39, 0.29) is 16.1 Å². The zero-order valence-corrected chi connectivity index (χ0v) is 15.6. The van der Waals surface area contributed by atoms with Crippen molar-refractivity contribution in [2.24, 2.45) is 0 Å². The summed E-state index contributed by atoms with van der Waals surface area (Å²) in [5, 5.41) is 9.49. The van der Waals surface area contributed by atoms with Crippen molar-refractivity contribution in [1.29, 1.82) is 0 Å². The molecular weight excluding hydrogens is 368 g/mol. The van der Waals surface area contributed by atoms with Gasteiger partial charge in [-0.15, -0.1) is 0 Å². The Kier molecular flexibility index (Phi) is 4.93. The van der Waals surface area contributed by atoms with E-state index in [4.69, 9.17) is 0 Å². The lowest BCUT2D eigenvalue weighted by molar-refractivity contribution is -0.147. The highest BCUT2D eigenvalue weighted by Gasteiger charge is 2.46. The third-order valence-corrected chi connectivity index (χ3v) is 6.16. The van der Waals surface area contributed by atoms with Crippen LogP contribution in [0.3, 0.4) is 0 Å². The molecule has 1 fully saturated rings. The summed E-state index contributed by atoms with van der Waals surface area (Å²) < 4.78 is 27.3. The van der Waals surface area contributed by atoms with Gasteiger partial charge in [0, 0.05) is 17.8 Å². The summed E-state index contributed by atoms with van der Waals surface area (Å²) >= 11 is 0. The van der Waals surface area contributed by atoms with E-state index in [0.717, 1.165) is 0 Å². The second-order valence-corrected chi connectivity index (χ2v) is 8.32. The summed E-state index contributed by atoms with van der Waals surface area (Å²) in [5.41, 5.74) is -0.782. The van der Waals surface area contributed by atoms with E-state index in [1.165, 1.54) is 36.1 Å². The predicted molar refractivity (Wildman–Crippen MR) is 100 cm³/mol. The van der Waals surface area contributed by atoms with Crippen molar-refractivity contribution in [3.63, 3.8) is 0 Å². The van der Waals surface area contributed by atoms with Gasteiger partial charge in [-0.05, 0) is 50.1 Å². The van der Waals surface area contributed by atoms with Crippen molar-refractivity contribution in [2.45, 2.75) is 30.2 Å². The Balaban J connectivity index is 1.86. The van der Waals surface area contributed by atoms with Crippen LogP contribution in [0.2, 0.25) is 0 Å². The maximum atomic E-state index is 12.8. The number of aliphatic carboxylic acids is 1. The number of carboxylic acids is 1. The van der Waals surface area contributed by atoms with Gasteiger partial charge < -0.3 is 10.0 Å². The summed E-state index contributed by atoms with van der Waals surface area (Å²) in [6.07, 6.45) is 0.989. The number of hydrogen-bond acceptors (Lipinski definition) is 4. The standard InChI is InChI=1S/C19H20N2O5S/c1-19(18(23)24)11-6-12-21(19)17(22)14-7-5-8-15(13-14)20-27(25,26)16-9-3-2-4-10-16/h2-5,7-10,13,20H,6,11-12H2,1H3,(H,23,24). The maximum absolute atomic E-state index is 12.8. The summed E-state index contributed by atoms with van der Waals surface area (Å²) in [6.45, 7) is 1.88. The Labute approximate surface area is 157 Å². The van der Waals surface area contributed by atoms with E-state index >= 15 is 0 Å². The summed E-state index contributed by atoms with van der Waals surface area (Å²) in [6, 6.07) is 14.0. The Hall–Kier alpha value is -2.87. The van der Waals surface area contributed by atoms with Crippen molar-refractivity contribution in [1.82, 2.24) is 4.90 Å². The zero-order valence-electron chi connectivity index (χ0n) is 14.8. The van der Waals surface area contributed by atoms with Crippen LogP contribution < -0.4 is 4.72 Å². The minimum absolute atomic E-state index is 0.111. The van der Waals surface area contributed by atoms with Gasteiger partial charge in [0.1, 0.15) is 5.54 Å². The highest BCUT2D eigenvalue weighted by molar-refractivity contribution is 7.92. The second-order valence-electron chi connectivity index (χ2n) is 6.64. The van der Waals surface area contributed by atoms with Crippen LogP contribution in [0.5, 0.6) is 0 Å². The Morgan fingerprint density at radius 3 is 2.48 bits per heavy atom. The van der Waals surface area contributed by atoms with Crippen molar-refractivity contribution < 1.29 is 23.1 Å². The van der Waals surface area contributed by atoms with Gasteiger partial charge in [-0.3, -0.25) is 9.52 Å². The first kappa shape index (κ1) is 18.9. The average molecular weight is 388 g/mol. The second kappa shape index (κ2) is 7.03. The molecule has 142 valence electrons. The Bertz CT molecular complexity index is 975. The molecule has 1 aliphatic rings. The van der Waals surface area contributed by atoms with Gasteiger partial charge in [-0.2, -0.15) is 0 Å². The molecule has 2 aromatic carbocycles. The number of anilines is 1. The molecule has 1 saturated heterocycles. The van der Waals surface area contributed by atoms with E-state index in [1.54, 1.807) is 30.3 Å². The lowest BCUT2D eigenvalue weighted by atomic mass is 9.98. The Morgan fingerprint density at radius 1 is 1.11 bits per heavy atom. The monoisotopic (exact) mass is 388 g/mol. The van der Waals surface area contributed by atoms with Crippen LogP contribution in [0, 0.1) is 0 Å². The molecule has 7 nitrogen and oxygen atoms in total. The normalized spacial score (nSPS) is 19.7. The summed E-state index contributed by atoms with van der Waals surface area (Å²) in [5.74, 6) is -1.48. The highest BCUT2D eigenvalue weighted by atomic mass is 32.2. The van der Waals surface area contributed by atoms with Crippen LogP contribution in [0.15, 0.2) is 59.5 Å². The number of carbonyl (C=O) groups excluding carboxylic acids is 1. The number of nitrogens with one attached hydrogen (secondary N) is 1. The molecule has 2 aromatic rings. The predicted octanol–water partition coefficient (Wildman–Crippen LogP) is 2.57. The Morgan fingerprint density at radius 2 is 1.81 bits per heavy atom. The van der Waals surface area contributed by atoms with Gasteiger partial charge in [-0.1, -0.05) is 24.3 Å². The summed E-state index contributed by atoms with van der Waals surface area (Å²) in [7, 11) is -3.78. The molecule has 8 heteroatoms. The molecule has 0 aromatic heterocycles. The molecule has 27 heavy (non-hydrogen) atoms. The highest BCUT2D eigenvalue weighted by Crippen LogP contribution is 2.31. The number of rotatable bonds is 5. The molecule has 1 aliphatic heterocycles. The van der Waals surface area contributed by atoms with E-state index in [2.05, 4.69) is 4.72 Å². The van der Waals surface area contributed by atoms with E-state index in [1.807, 2.05) is 0 Å². The first-order chi connectivity index (χ1) is 12.7. The van der Waals surface area contributed by atoms with Crippen molar-refractivity contribution in [2.75, 3.05) is 11.3 Å². The lowest BCUT2D eigenvalue weighted by Crippen LogP contribution is -2.50. The van der Waals surface area contributed by atoms with Crippen molar-refractivity contribution in [3.8, 4) is 0 Å². The largest absolute Gasteiger partial charge is 0.480 e. The minimum atomic E-state index is -3.78. The molecule has 2 N–H and O–H groups in total. The molecular formula is C19H20N2O5S. The number of carboxylic acid groups (broad SMARTS) is 1. The number of likely N-dealkylation sites (tertiary alicyclic amines) is 1. The van der Waals surface area contributed by atoms with E-state index < -0.39 is 27.4 Å². The third-order valence-electron chi connectivity index (χ3n) is 4.76. The fourth-order valence-corrected chi connectivity index (χ4v) is 4.27. The van der Waals surface area contributed by atoms with Gasteiger partial charge >= 0.3 is 5.97 Å². The van der Waals surface area contributed by atoms with E-state index in [0.29, 0.717) is 19.4 Å². The molecule has 1 heterocycles. The molecule has 1 amide bonds. The molecule has 1 unspecified atom stereocenters. The number of benzene rings is 2. The third kappa shape index (κ3) is 3.66. The lowest BCUT2D eigenvalue weighted by Gasteiger charge is -2.31. The topological polar surface area (TPSA) is 104 Å². The number of amides is 1. The number of carbonyl (C=O) groups is 2. The first-order valence-corrected chi connectivity index (χ1v) is 9.96. The molecule has 0 bridgehead atoms. The zero-order chi connectivity index (χ0) is 19.7. The van der Waals surface area contributed by atoms with Crippen LogP contribution in [-0.2, 0) is 14.8 Å². The van der Waals surface area contributed by atoms with Crippen molar-refractivity contribution in [3.05, 3.63) is 60.2 Å². The fourth-order valence-electron chi connectivity index (χ4n) is 3.20. The maximum Gasteiger partial charge on any atom is 0.329 e. The van der Waals surface area contributed by atoms with Crippen LogP contribution >= 0.6 is 0 Å². The molecule has 3 rings (SSSR count). The minimum Gasteiger partial charge on any atom is -0.480 e. The molecule has 1 atom stereocenters. The van der Waals surface area contributed by atoms with Crippen LogP contribution in [0.25, 0.3) is 0 Å². The summed E-state index contributed by atoms with van der Waals surface area (Å²) in [4.78, 5) is 25.9. The number of nitrogens with zero attached hydrogens (tertiary/aromatic N) is 1. The average Bonchev–Trinajstić information content (AvgIpc) is 3.05. The van der Waals surface area contributed by atoms with Crippen LogP contribution in [-0.4, -0.2) is 42.4 Å². The van der Waals surface area contributed by atoms with Crippen LogP contribution in [0.4, 0.5) is 5.69 Å². The van der Waals surface area contributed by atoms with Gasteiger partial charge in [0.25, 0.3) is 15.9 Å². The van der Waals surface area contributed by atoms with Gasteiger partial charge in [0.15, 0.2) is 0 Å². The molecule has 0 radical (unpaired) electrons. The van der Waals surface area contributed by atoms with E-state index in [9.17, 15) is 23.1 Å². The molecule has 0 aliphatic carbocycles. The van der Waals surface area contributed by atoms with Gasteiger partial charge in [-0.25, -0.2) is 13.2 Å². The SMILES string of the molecule is CC1(C(=O)O)CCCN1C(=O)c1cccc(NS(=O)(=O)c2ccccc2)c1. The van der Waals surface area contributed by atoms with Crippen LogP contribution in [0.1, 0.15) is 30.1 Å². The van der Waals surface area contributed by atoms with Gasteiger partial charge in [0.05, 0.1) is 4.90 Å². The van der Waals surface area contributed by atoms with Gasteiger partial charge in [0.2, 0.25) is 0 Å². The fraction of sp³-hybridized carbons (Fsp3) is 0.263. The quantitative estimate of drug-likeness (QED) is 0.819. The molecule has 0 saturated carbocycles. The van der Waals surface area contributed by atoms with Crippen molar-refractivity contribution >= 4 is 27.6 Å². The smallest absolute Gasteiger partial charge is 0.329 e. The number of hydrogen-bond donors (Lipinski definition) is 2. The molecule has 0 spiro atoms. The number of sulfonamides is 1. The first-order valence-electron chi connectivity index (χ1n) is 8.47.